The Bertz CT molecular complexity index is 534. The first-order valence-electron chi connectivity index (χ1n) is 6.04. The lowest BCUT2D eigenvalue weighted by Gasteiger charge is -2.13. The van der Waals surface area contributed by atoms with Gasteiger partial charge in [0.15, 0.2) is 0 Å². The Morgan fingerprint density at radius 2 is 2.22 bits per heavy atom. The van der Waals surface area contributed by atoms with Gasteiger partial charge in [0, 0.05) is 31.4 Å². The number of aryl methyl sites for hydroxylation is 2. The molecule has 1 heterocycles. The lowest BCUT2D eigenvalue weighted by atomic mass is 10.1. The van der Waals surface area contributed by atoms with Crippen LogP contribution >= 0.6 is 0 Å². The number of nitrogens with one attached hydrogen (secondary N) is 1. The third kappa shape index (κ3) is 2.96. The predicted octanol–water partition coefficient (Wildman–Crippen LogP) is 2.72. The van der Waals surface area contributed by atoms with Crippen LogP contribution in [0.15, 0.2) is 30.5 Å². The average Bonchev–Trinajstić information content (AvgIpc) is 2.65. The first-order valence-corrected chi connectivity index (χ1v) is 6.04. The van der Waals surface area contributed by atoms with Crippen molar-refractivity contribution in [3.8, 4) is 0 Å². The van der Waals surface area contributed by atoms with Gasteiger partial charge in [0.1, 0.15) is 5.82 Å². The van der Waals surface area contributed by atoms with Crippen LogP contribution in [-0.4, -0.2) is 9.78 Å². The molecule has 18 heavy (non-hydrogen) atoms. The van der Waals surface area contributed by atoms with E-state index in [1.54, 1.807) is 16.8 Å². The fourth-order valence-electron chi connectivity index (χ4n) is 1.98. The normalized spacial score (nSPS) is 12.7. The molecule has 0 saturated heterocycles. The van der Waals surface area contributed by atoms with Crippen LogP contribution in [0.5, 0.6) is 0 Å². The molecular formula is C14H18FN3. The maximum absolute atomic E-state index is 13.1. The topological polar surface area (TPSA) is 29.9 Å². The monoisotopic (exact) mass is 247 g/mol. The number of nitrogens with zero attached hydrogens (tertiary/aromatic N) is 2. The zero-order valence-corrected chi connectivity index (χ0v) is 10.9. The lowest BCUT2D eigenvalue weighted by Crippen LogP contribution is -2.18. The van der Waals surface area contributed by atoms with Gasteiger partial charge in [-0.1, -0.05) is 12.1 Å². The minimum Gasteiger partial charge on any atom is -0.306 e. The van der Waals surface area contributed by atoms with Gasteiger partial charge in [-0.3, -0.25) is 4.68 Å². The molecule has 2 aromatic rings. The van der Waals surface area contributed by atoms with Gasteiger partial charge >= 0.3 is 0 Å². The zero-order valence-electron chi connectivity index (χ0n) is 10.9. The fourth-order valence-corrected chi connectivity index (χ4v) is 1.98. The smallest absolute Gasteiger partial charge is 0.123 e. The third-order valence-corrected chi connectivity index (χ3v) is 3.06. The predicted molar refractivity (Wildman–Crippen MR) is 69.6 cm³/mol. The van der Waals surface area contributed by atoms with E-state index in [9.17, 15) is 4.39 Å². The molecule has 0 aliphatic carbocycles. The molecule has 2 rings (SSSR count). The van der Waals surface area contributed by atoms with E-state index in [1.807, 2.05) is 33.2 Å². The molecule has 1 atom stereocenters. The molecule has 0 fully saturated rings. The second kappa shape index (κ2) is 5.31. The maximum Gasteiger partial charge on any atom is 0.123 e. The van der Waals surface area contributed by atoms with Crippen LogP contribution < -0.4 is 5.32 Å². The fraction of sp³-hybridized carbons (Fsp3) is 0.357. The van der Waals surface area contributed by atoms with E-state index < -0.39 is 0 Å². The molecule has 0 amide bonds. The molecule has 1 aromatic carbocycles. The van der Waals surface area contributed by atoms with Gasteiger partial charge in [-0.2, -0.15) is 5.10 Å². The number of hydrogen-bond acceptors (Lipinski definition) is 2. The molecule has 96 valence electrons. The van der Waals surface area contributed by atoms with Gasteiger partial charge < -0.3 is 5.32 Å². The van der Waals surface area contributed by atoms with Gasteiger partial charge in [0.2, 0.25) is 0 Å². The average molecular weight is 247 g/mol. The van der Waals surface area contributed by atoms with Crippen LogP contribution in [0, 0.1) is 12.7 Å². The Morgan fingerprint density at radius 3 is 2.83 bits per heavy atom. The first-order chi connectivity index (χ1) is 8.56. The standard InChI is InChI=1S/C14H18FN3/c1-10(12-5-4-6-14(15)7-12)16-8-13-9-18(3)17-11(13)2/h4-7,9-10,16H,8H2,1-3H3. The van der Waals surface area contributed by atoms with Crippen molar-refractivity contribution in [2.75, 3.05) is 0 Å². The molecule has 0 bridgehead atoms. The molecule has 0 saturated carbocycles. The van der Waals surface area contributed by atoms with E-state index in [-0.39, 0.29) is 11.9 Å². The summed E-state index contributed by atoms with van der Waals surface area (Å²) in [5.74, 6) is -0.196. The Morgan fingerprint density at radius 1 is 1.44 bits per heavy atom. The van der Waals surface area contributed by atoms with Crippen LogP contribution in [0.2, 0.25) is 0 Å². The quantitative estimate of drug-likeness (QED) is 0.900. The van der Waals surface area contributed by atoms with Crippen LogP contribution in [0.1, 0.15) is 29.8 Å². The van der Waals surface area contributed by atoms with Crippen molar-refractivity contribution in [1.82, 2.24) is 15.1 Å². The summed E-state index contributed by atoms with van der Waals surface area (Å²) in [4.78, 5) is 0. The van der Waals surface area contributed by atoms with Crippen molar-refractivity contribution >= 4 is 0 Å². The van der Waals surface area contributed by atoms with Crippen LogP contribution in [0.25, 0.3) is 0 Å². The van der Waals surface area contributed by atoms with Crippen LogP contribution in [0.3, 0.4) is 0 Å². The SMILES string of the molecule is Cc1nn(C)cc1CNC(C)c1cccc(F)c1. The zero-order chi connectivity index (χ0) is 13.1. The summed E-state index contributed by atoms with van der Waals surface area (Å²) in [7, 11) is 1.91. The summed E-state index contributed by atoms with van der Waals surface area (Å²) in [6.07, 6.45) is 2.00. The molecule has 0 aliphatic rings. The van der Waals surface area contributed by atoms with E-state index in [2.05, 4.69) is 10.4 Å². The largest absolute Gasteiger partial charge is 0.306 e. The summed E-state index contributed by atoms with van der Waals surface area (Å²) in [6.45, 7) is 4.75. The van der Waals surface area contributed by atoms with Crippen molar-refractivity contribution < 1.29 is 4.39 Å². The molecule has 4 heteroatoms. The molecule has 0 radical (unpaired) electrons. The number of aromatic nitrogens is 2. The van der Waals surface area contributed by atoms with Gasteiger partial charge in [-0.25, -0.2) is 4.39 Å². The number of hydrogen-bond donors (Lipinski definition) is 1. The molecule has 0 spiro atoms. The summed E-state index contributed by atoms with van der Waals surface area (Å²) in [5, 5.41) is 7.67. The molecule has 1 N–H and O–H groups in total. The second-order valence-corrected chi connectivity index (χ2v) is 4.57. The summed E-state index contributed by atoms with van der Waals surface area (Å²) in [5.41, 5.74) is 3.15. The molecular weight excluding hydrogens is 229 g/mol. The van der Waals surface area contributed by atoms with Crippen molar-refractivity contribution in [3.05, 3.63) is 53.1 Å². The van der Waals surface area contributed by atoms with E-state index in [0.29, 0.717) is 0 Å². The molecule has 0 aliphatic heterocycles. The second-order valence-electron chi connectivity index (χ2n) is 4.57. The Hall–Kier alpha value is -1.68. The lowest BCUT2D eigenvalue weighted by molar-refractivity contribution is 0.564. The van der Waals surface area contributed by atoms with Gasteiger partial charge in [0.25, 0.3) is 0 Å². The third-order valence-electron chi connectivity index (χ3n) is 3.06. The van der Waals surface area contributed by atoms with Crippen molar-refractivity contribution in [2.45, 2.75) is 26.4 Å². The highest BCUT2D eigenvalue weighted by atomic mass is 19.1. The van der Waals surface area contributed by atoms with Gasteiger partial charge in [-0.15, -0.1) is 0 Å². The number of rotatable bonds is 4. The summed E-state index contributed by atoms with van der Waals surface area (Å²) >= 11 is 0. The van der Waals surface area contributed by atoms with Crippen molar-refractivity contribution in [3.63, 3.8) is 0 Å². The Balaban J connectivity index is 2.00. The van der Waals surface area contributed by atoms with E-state index in [4.69, 9.17) is 0 Å². The molecule has 1 unspecified atom stereocenters. The minimum atomic E-state index is -0.196. The van der Waals surface area contributed by atoms with Gasteiger partial charge in [0.05, 0.1) is 5.69 Å². The number of halogens is 1. The summed E-state index contributed by atoms with van der Waals surface area (Å²) < 4.78 is 14.9. The van der Waals surface area contributed by atoms with Crippen LogP contribution in [-0.2, 0) is 13.6 Å². The highest BCUT2D eigenvalue weighted by molar-refractivity contribution is 5.20. The van der Waals surface area contributed by atoms with E-state index in [0.717, 1.165) is 17.8 Å². The van der Waals surface area contributed by atoms with Crippen molar-refractivity contribution in [2.24, 2.45) is 7.05 Å². The Labute approximate surface area is 107 Å². The van der Waals surface area contributed by atoms with Crippen LogP contribution in [0.4, 0.5) is 4.39 Å². The minimum absolute atomic E-state index is 0.111. The van der Waals surface area contributed by atoms with E-state index in [1.165, 1.54) is 11.6 Å². The molecule has 1 aromatic heterocycles. The van der Waals surface area contributed by atoms with Gasteiger partial charge in [-0.05, 0) is 31.5 Å². The van der Waals surface area contributed by atoms with E-state index >= 15 is 0 Å². The summed E-state index contributed by atoms with van der Waals surface area (Å²) in [6, 6.07) is 6.80. The van der Waals surface area contributed by atoms with Crippen molar-refractivity contribution in [1.29, 1.82) is 0 Å². The first kappa shape index (κ1) is 12.8. The number of benzene rings is 1. The highest BCUT2D eigenvalue weighted by Gasteiger charge is 2.08. The molecule has 3 nitrogen and oxygen atoms in total. The highest BCUT2D eigenvalue weighted by Crippen LogP contribution is 2.14. The maximum atomic E-state index is 13.1. The Kier molecular flexibility index (Phi) is 3.77.